The van der Waals surface area contributed by atoms with E-state index in [2.05, 4.69) is 26.8 Å². The van der Waals surface area contributed by atoms with Gasteiger partial charge >= 0.3 is 5.97 Å². The highest BCUT2D eigenvalue weighted by atomic mass is 16.5. The highest BCUT2D eigenvalue weighted by Crippen LogP contribution is 2.65. The molecule has 3 rings (SSSR count). The van der Waals surface area contributed by atoms with E-state index < -0.39 is 17.1 Å². The van der Waals surface area contributed by atoms with Crippen LogP contribution in [0.2, 0.25) is 0 Å². The van der Waals surface area contributed by atoms with Gasteiger partial charge in [0.15, 0.2) is 0 Å². The summed E-state index contributed by atoms with van der Waals surface area (Å²) >= 11 is 0. The number of esters is 1. The van der Waals surface area contributed by atoms with Crippen molar-refractivity contribution in [2.24, 2.45) is 28.6 Å². The summed E-state index contributed by atoms with van der Waals surface area (Å²) in [7, 11) is 1.47. The van der Waals surface area contributed by atoms with Crippen molar-refractivity contribution in [2.45, 2.75) is 77.9 Å². The standard InChI is InChI=1S/C21H34O4/c1-13(2)14-7-8-16-19(3)10-6-11-20(4,18(23)25-5)15(19)9-12-21(16,24)17(14)22/h7,13,15-17,22,24H,6,8-12H2,1-5H3/t15-,16-,17-,19+,20-,21-/m1/s1. The first-order chi connectivity index (χ1) is 11.6. The van der Waals surface area contributed by atoms with E-state index in [-0.39, 0.29) is 29.1 Å². The number of hydrogen-bond donors (Lipinski definition) is 2. The molecule has 142 valence electrons. The highest BCUT2D eigenvalue weighted by molar-refractivity contribution is 5.77. The summed E-state index contributed by atoms with van der Waals surface area (Å²) < 4.78 is 5.15. The van der Waals surface area contributed by atoms with Crippen LogP contribution in [0.15, 0.2) is 11.6 Å². The minimum Gasteiger partial charge on any atom is -0.469 e. The quantitative estimate of drug-likeness (QED) is 0.591. The number of ether oxygens (including phenoxy) is 1. The molecular weight excluding hydrogens is 316 g/mol. The van der Waals surface area contributed by atoms with Gasteiger partial charge in [0.1, 0.15) is 6.10 Å². The summed E-state index contributed by atoms with van der Waals surface area (Å²) in [5, 5.41) is 22.5. The molecule has 0 heterocycles. The lowest BCUT2D eigenvalue weighted by Gasteiger charge is -2.63. The van der Waals surface area contributed by atoms with Gasteiger partial charge < -0.3 is 14.9 Å². The fourth-order valence-electron chi connectivity index (χ4n) is 6.58. The first-order valence-electron chi connectivity index (χ1n) is 9.80. The zero-order valence-corrected chi connectivity index (χ0v) is 16.3. The number of carbonyl (C=O) groups is 1. The number of allylic oxidation sites excluding steroid dienone is 1. The average Bonchev–Trinajstić information content (AvgIpc) is 2.55. The molecule has 0 aromatic heterocycles. The lowest BCUT2D eigenvalue weighted by molar-refractivity contribution is -0.218. The smallest absolute Gasteiger partial charge is 0.311 e. The Hall–Kier alpha value is -0.870. The van der Waals surface area contributed by atoms with Crippen molar-refractivity contribution >= 4 is 5.97 Å². The minimum absolute atomic E-state index is 0.0134. The van der Waals surface area contributed by atoms with Gasteiger partial charge in [-0.2, -0.15) is 0 Å². The van der Waals surface area contributed by atoms with E-state index in [0.717, 1.165) is 37.7 Å². The lowest BCUT2D eigenvalue weighted by Crippen LogP contribution is -2.65. The Morgan fingerprint density at radius 1 is 1.24 bits per heavy atom. The van der Waals surface area contributed by atoms with Crippen LogP contribution in [0.25, 0.3) is 0 Å². The van der Waals surface area contributed by atoms with E-state index in [1.54, 1.807) is 0 Å². The molecule has 0 aromatic rings. The molecule has 0 saturated heterocycles. The third kappa shape index (κ3) is 2.51. The third-order valence-corrected chi connectivity index (χ3v) is 7.91. The van der Waals surface area contributed by atoms with Crippen molar-refractivity contribution in [1.82, 2.24) is 0 Å². The Morgan fingerprint density at radius 2 is 1.92 bits per heavy atom. The van der Waals surface area contributed by atoms with Crippen molar-refractivity contribution in [2.75, 3.05) is 7.11 Å². The van der Waals surface area contributed by atoms with Gasteiger partial charge in [0, 0.05) is 0 Å². The van der Waals surface area contributed by atoms with Crippen LogP contribution in [0.1, 0.15) is 66.2 Å². The maximum absolute atomic E-state index is 12.6. The molecule has 0 aliphatic heterocycles. The summed E-state index contributed by atoms with van der Waals surface area (Å²) in [5.74, 6) is 0.286. The van der Waals surface area contributed by atoms with Gasteiger partial charge in [-0.3, -0.25) is 4.79 Å². The zero-order valence-electron chi connectivity index (χ0n) is 16.3. The van der Waals surface area contributed by atoms with Gasteiger partial charge in [0.05, 0.1) is 18.1 Å². The summed E-state index contributed by atoms with van der Waals surface area (Å²) in [6.07, 6.45) is 6.25. The van der Waals surface area contributed by atoms with Crippen LogP contribution in [0.3, 0.4) is 0 Å². The van der Waals surface area contributed by atoms with Crippen molar-refractivity contribution in [3.8, 4) is 0 Å². The Bertz CT molecular complexity index is 582. The Kier molecular flexibility index (Phi) is 4.61. The van der Waals surface area contributed by atoms with Crippen molar-refractivity contribution in [3.05, 3.63) is 11.6 Å². The van der Waals surface area contributed by atoms with Crippen LogP contribution >= 0.6 is 0 Å². The Labute approximate surface area is 151 Å². The number of fused-ring (bicyclic) bond motifs is 3. The molecule has 3 aliphatic carbocycles. The molecule has 2 fully saturated rings. The molecule has 0 radical (unpaired) electrons. The van der Waals surface area contributed by atoms with Crippen molar-refractivity contribution in [1.29, 1.82) is 0 Å². The predicted molar refractivity (Wildman–Crippen MR) is 96.8 cm³/mol. The van der Waals surface area contributed by atoms with Crippen LogP contribution in [-0.4, -0.2) is 35.0 Å². The summed E-state index contributed by atoms with van der Waals surface area (Å²) in [4.78, 5) is 12.6. The molecular formula is C21H34O4. The average molecular weight is 350 g/mol. The number of rotatable bonds is 2. The second-order valence-corrected chi connectivity index (χ2v) is 9.40. The number of hydrogen-bond acceptors (Lipinski definition) is 4. The molecule has 2 N–H and O–H groups in total. The molecule has 6 atom stereocenters. The topological polar surface area (TPSA) is 66.8 Å². The van der Waals surface area contributed by atoms with Gasteiger partial charge in [0.2, 0.25) is 0 Å². The van der Waals surface area contributed by atoms with E-state index in [9.17, 15) is 15.0 Å². The van der Waals surface area contributed by atoms with Crippen LogP contribution in [0.4, 0.5) is 0 Å². The molecule has 0 bridgehead atoms. The summed E-state index contributed by atoms with van der Waals surface area (Å²) in [6.45, 7) is 8.41. The van der Waals surface area contributed by atoms with Gasteiger partial charge in [0.25, 0.3) is 0 Å². The fourth-order valence-corrected chi connectivity index (χ4v) is 6.58. The largest absolute Gasteiger partial charge is 0.469 e. The Morgan fingerprint density at radius 3 is 2.52 bits per heavy atom. The maximum atomic E-state index is 12.6. The summed E-state index contributed by atoms with van der Waals surface area (Å²) in [5.41, 5.74) is -0.759. The fraction of sp³-hybridized carbons (Fsp3) is 0.857. The maximum Gasteiger partial charge on any atom is 0.311 e. The summed E-state index contributed by atoms with van der Waals surface area (Å²) in [6, 6.07) is 0. The third-order valence-electron chi connectivity index (χ3n) is 7.91. The first-order valence-corrected chi connectivity index (χ1v) is 9.80. The highest BCUT2D eigenvalue weighted by Gasteiger charge is 2.64. The molecule has 4 nitrogen and oxygen atoms in total. The van der Waals surface area contributed by atoms with Crippen LogP contribution < -0.4 is 0 Å². The molecule has 25 heavy (non-hydrogen) atoms. The molecule has 0 amide bonds. The van der Waals surface area contributed by atoms with Crippen LogP contribution in [0.5, 0.6) is 0 Å². The number of aliphatic hydroxyl groups excluding tert-OH is 1. The molecule has 0 spiro atoms. The van der Waals surface area contributed by atoms with Gasteiger partial charge in [-0.1, -0.05) is 33.3 Å². The van der Waals surface area contributed by atoms with Gasteiger partial charge in [-0.05, 0) is 67.8 Å². The molecule has 4 heteroatoms. The number of aliphatic hydroxyl groups is 2. The first kappa shape index (κ1) is 18.9. The zero-order chi connectivity index (χ0) is 18.6. The van der Waals surface area contributed by atoms with Crippen LogP contribution in [0, 0.1) is 28.6 Å². The second-order valence-electron chi connectivity index (χ2n) is 9.40. The van der Waals surface area contributed by atoms with E-state index >= 15 is 0 Å². The molecule has 0 unspecified atom stereocenters. The van der Waals surface area contributed by atoms with Crippen molar-refractivity contribution in [3.63, 3.8) is 0 Å². The van der Waals surface area contributed by atoms with E-state index in [1.807, 2.05) is 6.92 Å². The monoisotopic (exact) mass is 350 g/mol. The van der Waals surface area contributed by atoms with Crippen molar-refractivity contribution < 1.29 is 19.7 Å². The van der Waals surface area contributed by atoms with Gasteiger partial charge in [-0.15, -0.1) is 0 Å². The normalized spacial score (nSPS) is 46.9. The number of methoxy groups -OCH3 is 1. The second kappa shape index (κ2) is 6.09. The van der Waals surface area contributed by atoms with E-state index in [1.165, 1.54) is 7.11 Å². The van der Waals surface area contributed by atoms with E-state index in [4.69, 9.17) is 4.74 Å². The minimum atomic E-state index is -1.08. The molecule has 2 saturated carbocycles. The SMILES string of the molecule is COC(=O)[C@]1(C)CCC[C@]2(C)[C@H]3CC=C(C(C)C)[C@@H](O)[C@@]3(O)CC[C@H]21. The Balaban J connectivity index is 2.02. The van der Waals surface area contributed by atoms with Crippen LogP contribution in [-0.2, 0) is 9.53 Å². The molecule has 0 aromatic carbocycles. The molecule has 3 aliphatic rings. The lowest BCUT2D eigenvalue weighted by atomic mass is 9.43. The predicted octanol–water partition coefficient (Wildman–Crippen LogP) is 3.46. The van der Waals surface area contributed by atoms with Gasteiger partial charge in [-0.25, -0.2) is 0 Å². The number of carbonyl (C=O) groups excluding carboxylic acids is 1. The van der Waals surface area contributed by atoms with E-state index in [0.29, 0.717) is 6.42 Å².